The normalized spacial score (nSPS) is 8.00. The molecule has 0 aromatic carbocycles. The van der Waals surface area contributed by atoms with Crippen LogP contribution in [0.2, 0.25) is 0 Å². The molecule has 0 N–H and O–H groups in total. The number of pyridine rings is 2. The van der Waals surface area contributed by atoms with Crippen LogP contribution in [-0.2, 0) is 20.4 Å². The molecule has 0 fully saturated rings. The van der Waals surface area contributed by atoms with Gasteiger partial charge in [-0.05, 0) is 18.3 Å². The van der Waals surface area contributed by atoms with Crippen molar-refractivity contribution in [2.24, 2.45) is 0 Å². The van der Waals surface area contributed by atoms with Crippen molar-refractivity contribution in [2.75, 3.05) is 0 Å². The molecule has 0 spiro atoms. The fourth-order valence-corrected chi connectivity index (χ4v) is 1.41. The molecule has 0 saturated carbocycles. The van der Waals surface area contributed by atoms with Gasteiger partial charge in [-0.3, -0.25) is 4.98 Å². The van der Waals surface area contributed by atoms with Gasteiger partial charge in [-0.25, -0.2) is 0 Å². The van der Waals surface area contributed by atoms with Gasteiger partial charge in [-0.15, -0.1) is 0 Å². The first-order valence-electron chi connectivity index (χ1n) is 4.60. The standard InChI is InChI=1S/C11H7N4.4CH3.Re/c1-2-6-12-8(4-1)11-14-9-5-3-7-13-10(9)15-11;;;;;/h1-7H;4*1H3;/q5*-1;. The molecule has 0 amide bonds. The van der Waals surface area contributed by atoms with Crippen molar-refractivity contribution in [3.8, 4) is 11.5 Å². The Bertz CT molecular complexity index is 560. The zero-order chi connectivity index (χ0) is 10.1. The van der Waals surface area contributed by atoms with Crippen LogP contribution in [0, 0.1) is 29.7 Å². The van der Waals surface area contributed by atoms with E-state index in [9.17, 15) is 0 Å². The van der Waals surface area contributed by atoms with E-state index in [2.05, 4.69) is 19.9 Å². The molecule has 0 aliphatic rings. The molecule has 3 aromatic rings. The molecule has 0 atom stereocenters. The molecule has 1 radical (unpaired) electrons. The van der Waals surface area contributed by atoms with E-state index in [1.165, 1.54) is 0 Å². The summed E-state index contributed by atoms with van der Waals surface area (Å²) in [6, 6.07) is 9.40. The van der Waals surface area contributed by atoms with E-state index in [1.54, 1.807) is 12.4 Å². The Morgan fingerprint density at radius 3 is 2.10 bits per heavy atom. The molecule has 3 aromatic heterocycles. The van der Waals surface area contributed by atoms with Gasteiger partial charge in [0.15, 0.2) is 0 Å². The molecular weight excluding hydrogens is 422 g/mol. The van der Waals surface area contributed by atoms with Crippen molar-refractivity contribution in [1.82, 2.24) is 19.9 Å². The number of imidazole rings is 1. The van der Waals surface area contributed by atoms with Crippen LogP contribution in [0.3, 0.4) is 0 Å². The number of aromatic nitrogens is 4. The van der Waals surface area contributed by atoms with E-state index < -0.39 is 0 Å². The minimum atomic E-state index is 0. The molecule has 3 rings (SSSR count). The van der Waals surface area contributed by atoms with Gasteiger partial charge in [-0.1, -0.05) is 18.2 Å². The molecule has 0 saturated heterocycles. The van der Waals surface area contributed by atoms with E-state index in [4.69, 9.17) is 0 Å². The van der Waals surface area contributed by atoms with Gasteiger partial charge < -0.3 is 44.7 Å². The van der Waals surface area contributed by atoms with Crippen LogP contribution in [0.15, 0.2) is 42.7 Å². The third kappa shape index (κ3) is 4.52. The Hall–Kier alpha value is -1.57. The molecule has 0 aliphatic carbocycles. The first kappa shape index (κ1) is 23.5. The maximum absolute atomic E-state index is 4.35. The number of hydrogen-bond acceptors (Lipinski definition) is 3. The predicted molar refractivity (Wildman–Crippen MR) is 81.7 cm³/mol. The Labute approximate surface area is 135 Å². The van der Waals surface area contributed by atoms with Crippen molar-refractivity contribution in [3.63, 3.8) is 0 Å². The van der Waals surface area contributed by atoms with Gasteiger partial charge in [0.05, 0.1) is 5.69 Å². The second kappa shape index (κ2) is 10.2. The van der Waals surface area contributed by atoms with Crippen LogP contribution in [-0.4, -0.2) is 15.0 Å². The summed E-state index contributed by atoms with van der Waals surface area (Å²) in [4.78, 5) is 17.0. The average Bonchev–Trinajstić information content (AvgIpc) is 2.74. The van der Waals surface area contributed by atoms with E-state index >= 15 is 0 Å². The number of fused-ring (bicyclic) bond motifs is 1. The van der Waals surface area contributed by atoms with Gasteiger partial charge in [0.25, 0.3) is 0 Å². The van der Waals surface area contributed by atoms with Crippen LogP contribution >= 0.6 is 0 Å². The van der Waals surface area contributed by atoms with E-state index in [-0.39, 0.29) is 50.1 Å². The summed E-state index contributed by atoms with van der Waals surface area (Å²) in [7, 11) is 0. The van der Waals surface area contributed by atoms with Crippen molar-refractivity contribution in [1.29, 1.82) is 0 Å². The van der Waals surface area contributed by atoms with Crippen LogP contribution in [0.25, 0.3) is 22.7 Å². The van der Waals surface area contributed by atoms with Crippen molar-refractivity contribution in [2.45, 2.75) is 0 Å². The fourth-order valence-electron chi connectivity index (χ4n) is 1.41. The zero-order valence-electron chi connectivity index (χ0n) is 12.2. The first-order valence-corrected chi connectivity index (χ1v) is 4.60. The minimum absolute atomic E-state index is 0. The third-order valence-electron chi connectivity index (χ3n) is 2.10. The molecule has 20 heavy (non-hydrogen) atoms. The van der Waals surface area contributed by atoms with Crippen LogP contribution in [0.5, 0.6) is 0 Å². The Morgan fingerprint density at radius 1 is 0.800 bits per heavy atom. The van der Waals surface area contributed by atoms with Gasteiger partial charge in [0.2, 0.25) is 0 Å². The monoisotopic (exact) mass is 442 g/mol. The van der Waals surface area contributed by atoms with Crippen molar-refractivity contribution in [3.05, 3.63) is 72.4 Å². The SMILES string of the molecule is [CH3-].[CH3-].[CH3-].[CH3-].[Re].c1ccc(-c2nc3cccnc3[n-]2)nc1. The first-order chi connectivity index (χ1) is 7.43. The second-order valence-electron chi connectivity index (χ2n) is 3.11. The topological polar surface area (TPSA) is 52.8 Å². The largest absolute Gasteiger partial charge is 0.368 e. The molecular formula is C15H19N4Re-5. The number of nitrogens with zero attached hydrogens (tertiary/aromatic N) is 4. The van der Waals surface area contributed by atoms with E-state index in [0.29, 0.717) is 11.5 Å². The Kier molecular flexibility index (Phi) is 12.1. The summed E-state index contributed by atoms with van der Waals surface area (Å²) in [5.74, 6) is 0.629. The van der Waals surface area contributed by atoms with Crippen LogP contribution in [0.1, 0.15) is 0 Å². The quantitative estimate of drug-likeness (QED) is 0.543. The molecule has 4 nitrogen and oxygen atoms in total. The van der Waals surface area contributed by atoms with Crippen molar-refractivity contribution >= 4 is 11.2 Å². The second-order valence-corrected chi connectivity index (χ2v) is 3.11. The third-order valence-corrected chi connectivity index (χ3v) is 2.10. The Balaban J connectivity index is -0.000000578. The summed E-state index contributed by atoms with van der Waals surface area (Å²) in [6.07, 6.45) is 3.43. The summed E-state index contributed by atoms with van der Waals surface area (Å²) >= 11 is 0. The molecule has 0 aliphatic heterocycles. The summed E-state index contributed by atoms with van der Waals surface area (Å²) in [6.45, 7) is 0. The van der Waals surface area contributed by atoms with Crippen LogP contribution < -0.4 is 4.98 Å². The smallest absolute Gasteiger partial charge is 0.0755 e. The minimum Gasteiger partial charge on any atom is -0.368 e. The van der Waals surface area contributed by atoms with Gasteiger partial charge in [-0.2, -0.15) is 0 Å². The number of hydrogen-bond donors (Lipinski definition) is 0. The summed E-state index contributed by atoms with van der Waals surface area (Å²) in [5.41, 5.74) is 2.24. The summed E-state index contributed by atoms with van der Waals surface area (Å²) in [5, 5.41) is 0. The van der Waals surface area contributed by atoms with Gasteiger partial charge >= 0.3 is 0 Å². The van der Waals surface area contributed by atoms with Gasteiger partial charge in [0, 0.05) is 43.6 Å². The van der Waals surface area contributed by atoms with Crippen LogP contribution in [0.4, 0.5) is 0 Å². The number of rotatable bonds is 1. The summed E-state index contributed by atoms with van der Waals surface area (Å²) < 4.78 is 0. The molecule has 0 bridgehead atoms. The predicted octanol–water partition coefficient (Wildman–Crippen LogP) is 3.45. The zero-order valence-corrected chi connectivity index (χ0v) is 14.9. The fraction of sp³-hybridized carbons (Fsp3) is 0. The Morgan fingerprint density at radius 2 is 1.50 bits per heavy atom. The van der Waals surface area contributed by atoms with E-state index in [1.807, 2.05) is 30.3 Å². The van der Waals surface area contributed by atoms with E-state index in [0.717, 1.165) is 11.2 Å². The molecule has 3 heterocycles. The maximum atomic E-state index is 4.35. The van der Waals surface area contributed by atoms with Gasteiger partial charge in [0.1, 0.15) is 0 Å². The maximum Gasteiger partial charge on any atom is 0.0755 e. The average molecular weight is 442 g/mol. The van der Waals surface area contributed by atoms with Crippen molar-refractivity contribution < 1.29 is 20.4 Å². The molecule has 0 unspecified atom stereocenters. The molecule has 111 valence electrons. The molecule has 5 heteroatoms.